The van der Waals surface area contributed by atoms with E-state index in [1.165, 1.54) is 4.90 Å². The van der Waals surface area contributed by atoms with Gasteiger partial charge >= 0.3 is 0 Å². The fourth-order valence-electron chi connectivity index (χ4n) is 5.92. The Bertz CT molecular complexity index is 1460. The van der Waals surface area contributed by atoms with Crippen LogP contribution in [0.15, 0.2) is 84.9 Å². The molecule has 5 atom stereocenters. The van der Waals surface area contributed by atoms with Crippen molar-refractivity contribution in [3.05, 3.63) is 107 Å². The third-order valence-electron chi connectivity index (χ3n) is 8.71. The molecule has 3 aromatic rings. The number of nitrogens with zero attached hydrogens (tertiary/aromatic N) is 1. The molecule has 8 nitrogen and oxygen atoms in total. The molecule has 1 fully saturated rings. The molecule has 5 rings (SSSR count). The summed E-state index contributed by atoms with van der Waals surface area (Å²) < 4.78 is 33.1. The van der Waals surface area contributed by atoms with Crippen molar-refractivity contribution in [3.63, 3.8) is 0 Å². The van der Waals surface area contributed by atoms with Gasteiger partial charge in [-0.05, 0) is 35.3 Å². The molecule has 0 radical (unpaired) electrons. The molecule has 0 aliphatic carbocycles. The highest BCUT2D eigenvalue weighted by Crippen LogP contribution is 2.36. The van der Waals surface area contributed by atoms with Gasteiger partial charge in [-0.2, -0.15) is 0 Å². The fourth-order valence-corrected chi connectivity index (χ4v) is 7.38. The monoisotopic (exact) mass is 689 g/mol. The Balaban J connectivity index is 1.52. The first kappa shape index (κ1) is 36.3. The first-order valence-electron chi connectivity index (χ1n) is 17.0. The molecule has 0 spiro atoms. The molecule has 1 saturated heterocycles. The largest absolute Gasteiger partial charge is 0.374 e. The lowest BCUT2D eigenvalue weighted by molar-refractivity contribution is -0.296. The van der Waals surface area contributed by atoms with Gasteiger partial charge in [-0.25, -0.2) is 0 Å². The molecular formula is C38H51NO7Si2. The van der Waals surface area contributed by atoms with Gasteiger partial charge in [0.05, 0.1) is 30.9 Å². The molecule has 0 unspecified atom stereocenters. The highest BCUT2D eigenvalue weighted by Gasteiger charge is 2.55. The smallest absolute Gasteiger partial charge is 0.262 e. The number of amides is 2. The van der Waals surface area contributed by atoms with Crippen molar-refractivity contribution in [2.75, 3.05) is 19.8 Å². The van der Waals surface area contributed by atoms with Crippen LogP contribution < -0.4 is 0 Å². The van der Waals surface area contributed by atoms with Crippen LogP contribution >= 0.6 is 0 Å². The third-order valence-corrected chi connectivity index (χ3v) is 12.1. The summed E-state index contributed by atoms with van der Waals surface area (Å²) in [5.41, 5.74) is 2.76. The number of rotatable bonds is 16. The van der Waals surface area contributed by atoms with Crippen LogP contribution in [0.25, 0.3) is 0 Å². The summed E-state index contributed by atoms with van der Waals surface area (Å²) in [6.07, 6.45) is -2.89. The second kappa shape index (κ2) is 16.2. The van der Waals surface area contributed by atoms with E-state index in [1.807, 2.05) is 60.7 Å². The first-order chi connectivity index (χ1) is 22.9. The molecule has 2 amide bonds. The normalized spacial score (nSPS) is 23.0. The van der Waals surface area contributed by atoms with Gasteiger partial charge in [0.15, 0.2) is 6.29 Å². The SMILES string of the molecule is C[Si](C)(C)CCO[C@H]1O[C@H](COCc2ccccc2)[C@@H](OCC[Si](C)(C)C)[C@H](OCc2ccccc2)[C@@H]1N1C(=O)c2ccccc2C1=O. The Labute approximate surface area is 287 Å². The van der Waals surface area contributed by atoms with E-state index in [2.05, 4.69) is 39.3 Å². The number of ether oxygens (including phenoxy) is 5. The highest BCUT2D eigenvalue weighted by atomic mass is 28.3. The van der Waals surface area contributed by atoms with Crippen LogP contribution in [-0.4, -0.2) is 83.3 Å². The molecular weight excluding hydrogens is 639 g/mol. The summed E-state index contributed by atoms with van der Waals surface area (Å²) in [5, 5.41) is 0. The molecule has 0 N–H and O–H groups in total. The summed E-state index contributed by atoms with van der Waals surface area (Å²) in [6, 6.07) is 27.8. The van der Waals surface area contributed by atoms with E-state index in [0.29, 0.717) is 30.9 Å². The quantitative estimate of drug-likeness (QED) is 0.116. The molecule has 0 bridgehead atoms. The Morgan fingerprint density at radius 3 is 1.67 bits per heavy atom. The Kier molecular flexibility index (Phi) is 12.2. The fraction of sp³-hybridized carbons (Fsp3) is 0.474. The van der Waals surface area contributed by atoms with Crippen LogP contribution in [0.4, 0.5) is 0 Å². The molecule has 3 aromatic carbocycles. The van der Waals surface area contributed by atoms with Crippen molar-refractivity contribution in [1.29, 1.82) is 0 Å². The van der Waals surface area contributed by atoms with Crippen LogP contribution in [-0.2, 0) is 36.9 Å². The zero-order valence-electron chi connectivity index (χ0n) is 29.2. The minimum Gasteiger partial charge on any atom is -0.374 e. The number of hydrogen-bond donors (Lipinski definition) is 0. The summed E-state index contributed by atoms with van der Waals surface area (Å²) in [6.45, 7) is 15.6. The average molecular weight is 690 g/mol. The van der Waals surface area contributed by atoms with E-state index in [0.717, 1.165) is 23.2 Å². The minimum atomic E-state index is -1.48. The van der Waals surface area contributed by atoms with Crippen molar-refractivity contribution in [3.8, 4) is 0 Å². The summed E-state index contributed by atoms with van der Waals surface area (Å²) in [7, 11) is -2.94. The predicted molar refractivity (Wildman–Crippen MR) is 193 cm³/mol. The van der Waals surface area contributed by atoms with Gasteiger partial charge in [-0.15, -0.1) is 0 Å². The van der Waals surface area contributed by atoms with Crippen molar-refractivity contribution < 1.29 is 33.3 Å². The van der Waals surface area contributed by atoms with Gasteiger partial charge in [0.25, 0.3) is 11.8 Å². The van der Waals surface area contributed by atoms with Crippen LogP contribution in [0.3, 0.4) is 0 Å². The van der Waals surface area contributed by atoms with Crippen LogP contribution in [0.5, 0.6) is 0 Å². The molecule has 2 heterocycles. The lowest BCUT2D eigenvalue weighted by atomic mass is 9.94. The molecule has 258 valence electrons. The van der Waals surface area contributed by atoms with E-state index in [9.17, 15) is 9.59 Å². The lowest BCUT2D eigenvalue weighted by Crippen LogP contribution is -2.67. The molecule has 10 heteroatoms. The maximum atomic E-state index is 14.1. The van der Waals surface area contributed by atoms with Gasteiger partial charge in [-0.1, -0.05) is 112 Å². The van der Waals surface area contributed by atoms with Crippen molar-refractivity contribution in [1.82, 2.24) is 4.90 Å². The number of imide groups is 1. The standard InChI is InChI=1S/C38H51NO7Si2/c1-47(2,3)23-21-43-34-32(27-42-25-28-15-9-7-10-16-28)46-38(44-22-24-48(4,5)6)33(35(34)45-26-29-17-11-8-12-18-29)39-36(40)30-19-13-14-20-31(30)37(39)41/h7-20,32-35,38H,21-27H2,1-6H3/t32-,33+,34-,35-,38+/m1/s1. The van der Waals surface area contributed by atoms with Crippen molar-refractivity contribution in [2.45, 2.75) is 95.2 Å². The predicted octanol–water partition coefficient (Wildman–Crippen LogP) is 7.26. The van der Waals surface area contributed by atoms with Crippen molar-refractivity contribution >= 4 is 28.0 Å². The van der Waals surface area contributed by atoms with Crippen LogP contribution in [0.1, 0.15) is 31.8 Å². The van der Waals surface area contributed by atoms with E-state index in [1.54, 1.807) is 24.3 Å². The molecule has 0 aromatic heterocycles. The maximum Gasteiger partial charge on any atom is 0.262 e. The average Bonchev–Trinajstić information content (AvgIpc) is 3.29. The van der Waals surface area contributed by atoms with Gasteiger partial charge in [0.1, 0.15) is 24.4 Å². The van der Waals surface area contributed by atoms with Gasteiger partial charge < -0.3 is 23.7 Å². The first-order valence-corrected chi connectivity index (χ1v) is 24.5. The number of carbonyl (C=O) groups excluding carboxylic acids is 2. The Morgan fingerprint density at radius 1 is 0.625 bits per heavy atom. The van der Waals surface area contributed by atoms with E-state index in [-0.39, 0.29) is 25.0 Å². The van der Waals surface area contributed by atoms with E-state index >= 15 is 0 Å². The molecule has 0 saturated carbocycles. The molecule has 2 aliphatic heterocycles. The topological polar surface area (TPSA) is 83.5 Å². The Hall–Kier alpha value is -2.97. The zero-order valence-corrected chi connectivity index (χ0v) is 31.2. The summed E-state index contributed by atoms with van der Waals surface area (Å²) >= 11 is 0. The van der Waals surface area contributed by atoms with Crippen molar-refractivity contribution in [2.24, 2.45) is 0 Å². The third kappa shape index (κ3) is 9.59. The number of benzene rings is 3. The van der Waals surface area contributed by atoms with Gasteiger partial charge in [0.2, 0.25) is 0 Å². The molecule has 2 aliphatic rings. The van der Waals surface area contributed by atoms with Gasteiger partial charge in [-0.3, -0.25) is 14.5 Å². The van der Waals surface area contributed by atoms with E-state index in [4.69, 9.17) is 23.7 Å². The number of carbonyl (C=O) groups is 2. The Morgan fingerprint density at radius 2 is 1.12 bits per heavy atom. The lowest BCUT2D eigenvalue weighted by Gasteiger charge is -2.48. The highest BCUT2D eigenvalue weighted by molar-refractivity contribution is 6.76. The summed E-state index contributed by atoms with van der Waals surface area (Å²) in [5.74, 6) is -0.758. The second-order valence-corrected chi connectivity index (χ2v) is 26.4. The van der Waals surface area contributed by atoms with Crippen LogP contribution in [0, 0.1) is 0 Å². The number of hydrogen-bond acceptors (Lipinski definition) is 7. The zero-order chi connectivity index (χ0) is 34.3. The molecule has 48 heavy (non-hydrogen) atoms. The van der Waals surface area contributed by atoms with Gasteiger partial charge in [0, 0.05) is 29.4 Å². The number of fused-ring (bicyclic) bond motifs is 1. The maximum absolute atomic E-state index is 14.1. The van der Waals surface area contributed by atoms with Crippen LogP contribution in [0.2, 0.25) is 51.4 Å². The van der Waals surface area contributed by atoms with E-state index < -0.39 is 46.8 Å². The second-order valence-electron chi connectivity index (χ2n) is 15.1. The minimum absolute atomic E-state index is 0.223. The summed E-state index contributed by atoms with van der Waals surface area (Å²) in [4.78, 5) is 29.4.